The molecular formula is C17H12ClF2NO. The minimum absolute atomic E-state index is 0.285. The molecule has 5 heteroatoms. The molecule has 112 valence electrons. The number of nitrogens with zero attached hydrogens (tertiary/aromatic N) is 1. The molecule has 0 saturated heterocycles. The molecule has 0 aliphatic rings. The maximum absolute atomic E-state index is 13.6. The SMILES string of the molecule is OCc1cc2cccc(Cl)c2nc1-c1cc(F)ccc1CF. The summed E-state index contributed by atoms with van der Waals surface area (Å²) in [5, 5.41) is 10.8. The van der Waals surface area contributed by atoms with Crippen LogP contribution in [0.1, 0.15) is 11.1 Å². The summed E-state index contributed by atoms with van der Waals surface area (Å²) in [5.74, 6) is -0.489. The van der Waals surface area contributed by atoms with Gasteiger partial charge in [-0.3, -0.25) is 0 Å². The van der Waals surface area contributed by atoms with E-state index >= 15 is 0 Å². The van der Waals surface area contributed by atoms with Crippen molar-refractivity contribution in [2.75, 3.05) is 0 Å². The molecule has 0 amide bonds. The van der Waals surface area contributed by atoms with E-state index in [0.717, 1.165) is 5.39 Å². The van der Waals surface area contributed by atoms with Crippen molar-refractivity contribution in [1.29, 1.82) is 0 Å². The van der Waals surface area contributed by atoms with Crippen LogP contribution in [0.3, 0.4) is 0 Å². The molecule has 0 radical (unpaired) electrons. The van der Waals surface area contributed by atoms with E-state index in [4.69, 9.17) is 11.6 Å². The molecule has 22 heavy (non-hydrogen) atoms. The predicted molar refractivity (Wildman–Crippen MR) is 82.9 cm³/mol. The fraction of sp³-hybridized carbons (Fsp3) is 0.118. The summed E-state index contributed by atoms with van der Waals surface area (Å²) in [6.45, 7) is -1.03. The minimum Gasteiger partial charge on any atom is -0.392 e. The number of hydrogen-bond donors (Lipinski definition) is 1. The first-order valence-electron chi connectivity index (χ1n) is 6.68. The second kappa shape index (κ2) is 5.99. The first-order valence-corrected chi connectivity index (χ1v) is 7.05. The zero-order chi connectivity index (χ0) is 15.7. The number of rotatable bonds is 3. The average molecular weight is 320 g/mol. The number of pyridine rings is 1. The lowest BCUT2D eigenvalue weighted by molar-refractivity contribution is 0.282. The Labute approximate surface area is 131 Å². The van der Waals surface area contributed by atoms with Crippen LogP contribution in [0.2, 0.25) is 5.02 Å². The molecule has 0 bridgehead atoms. The van der Waals surface area contributed by atoms with E-state index in [1.54, 1.807) is 18.2 Å². The van der Waals surface area contributed by atoms with Crippen LogP contribution in [-0.4, -0.2) is 10.1 Å². The topological polar surface area (TPSA) is 33.1 Å². The Hall–Kier alpha value is -2.04. The zero-order valence-electron chi connectivity index (χ0n) is 11.5. The van der Waals surface area contributed by atoms with Crippen molar-refractivity contribution in [2.24, 2.45) is 0 Å². The van der Waals surface area contributed by atoms with Crippen molar-refractivity contribution < 1.29 is 13.9 Å². The van der Waals surface area contributed by atoms with Crippen molar-refractivity contribution in [3.05, 3.63) is 64.4 Å². The highest BCUT2D eigenvalue weighted by atomic mass is 35.5. The Bertz CT molecular complexity index is 851. The predicted octanol–water partition coefficient (Wildman–Crippen LogP) is 4.66. The van der Waals surface area contributed by atoms with E-state index in [1.807, 2.05) is 6.07 Å². The van der Waals surface area contributed by atoms with Gasteiger partial charge in [-0.2, -0.15) is 0 Å². The van der Waals surface area contributed by atoms with Gasteiger partial charge in [0.2, 0.25) is 0 Å². The smallest absolute Gasteiger partial charge is 0.123 e. The van der Waals surface area contributed by atoms with Gasteiger partial charge < -0.3 is 5.11 Å². The van der Waals surface area contributed by atoms with Crippen molar-refractivity contribution >= 4 is 22.5 Å². The molecule has 1 heterocycles. The zero-order valence-corrected chi connectivity index (χ0v) is 12.2. The highest BCUT2D eigenvalue weighted by Gasteiger charge is 2.14. The van der Waals surface area contributed by atoms with E-state index in [9.17, 15) is 13.9 Å². The quantitative estimate of drug-likeness (QED) is 0.762. The summed E-state index contributed by atoms with van der Waals surface area (Å²) in [6.07, 6.45) is 0. The second-order valence-corrected chi connectivity index (χ2v) is 5.31. The molecule has 3 rings (SSSR count). The van der Waals surface area contributed by atoms with Gasteiger partial charge in [0.15, 0.2) is 0 Å². The first-order chi connectivity index (χ1) is 10.6. The number of aromatic nitrogens is 1. The molecule has 0 fully saturated rings. The van der Waals surface area contributed by atoms with Crippen molar-refractivity contribution in [2.45, 2.75) is 13.3 Å². The van der Waals surface area contributed by atoms with Gasteiger partial charge in [-0.15, -0.1) is 0 Å². The highest BCUT2D eigenvalue weighted by molar-refractivity contribution is 6.35. The molecule has 1 N–H and O–H groups in total. The third-order valence-electron chi connectivity index (χ3n) is 3.52. The van der Waals surface area contributed by atoms with Crippen LogP contribution in [0.15, 0.2) is 42.5 Å². The largest absolute Gasteiger partial charge is 0.392 e. The average Bonchev–Trinajstić information content (AvgIpc) is 2.54. The Balaban J connectivity index is 2.34. The van der Waals surface area contributed by atoms with Crippen LogP contribution >= 0.6 is 11.6 Å². The third-order valence-corrected chi connectivity index (χ3v) is 3.82. The fourth-order valence-electron chi connectivity index (χ4n) is 2.45. The minimum atomic E-state index is -0.747. The van der Waals surface area contributed by atoms with Crippen LogP contribution in [0, 0.1) is 5.82 Å². The first kappa shape index (κ1) is 14.9. The molecule has 0 saturated carbocycles. The summed E-state index contributed by atoms with van der Waals surface area (Å²) in [6, 6.07) is 10.8. The normalized spacial score (nSPS) is 11.1. The maximum Gasteiger partial charge on any atom is 0.123 e. The summed E-state index contributed by atoms with van der Waals surface area (Å²) in [7, 11) is 0. The number of fused-ring (bicyclic) bond motifs is 1. The Morgan fingerprint density at radius 1 is 1.09 bits per heavy atom. The van der Waals surface area contributed by atoms with Crippen LogP contribution in [0.25, 0.3) is 22.2 Å². The van der Waals surface area contributed by atoms with Gasteiger partial charge in [-0.1, -0.05) is 29.8 Å². The highest BCUT2D eigenvalue weighted by Crippen LogP contribution is 2.32. The molecule has 1 aromatic heterocycles. The molecule has 0 aliphatic heterocycles. The van der Waals surface area contributed by atoms with Gasteiger partial charge in [-0.05, 0) is 29.8 Å². The van der Waals surface area contributed by atoms with Gasteiger partial charge in [0, 0.05) is 16.5 Å². The summed E-state index contributed by atoms with van der Waals surface area (Å²) in [4.78, 5) is 4.44. The molecule has 0 aliphatic carbocycles. The van der Waals surface area contributed by atoms with E-state index < -0.39 is 12.5 Å². The number of benzene rings is 2. The lowest BCUT2D eigenvalue weighted by Crippen LogP contribution is -1.98. The maximum atomic E-state index is 13.6. The molecule has 3 aromatic rings. The van der Waals surface area contributed by atoms with Crippen molar-refractivity contribution in [3.8, 4) is 11.3 Å². The number of aliphatic hydroxyl groups is 1. The molecule has 0 spiro atoms. The molecule has 2 aromatic carbocycles. The molecular weight excluding hydrogens is 308 g/mol. The molecule has 0 atom stereocenters. The summed E-state index contributed by atoms with van der Waals surface area (Å²) >= 11 is 6.14. The monoisotopic (exact) mass is 319 g/mol. The number of hydrogen-bond acceptors (Lipinski definition) is 2. The van der Waals surface area contributed by atoms with Crippen LogP contribution in [-0.2, 0) is 13.3 Å². The van der Waals surface area contributed by atoms with Crippen molar-refractivity contribution in [3.63, 3.8) is 0 Å². The van der Waals surface area contributed by atoms with Gasteiger partial charge in [0.1, 0.15) is 12.5 Å². The van der Waals surface area contributed by atoms with Gasteiger partial charge in [0.25, 0.3) is 0 Å². The van der Waals surface area contributed by atoms with Crippen LogP contribution in [0.5, 0.6) is 0 Å². The Morgan fingerprint density at radius 3 is 2.64 bits per heavy atom. The Morgan fingerprint density at radius 2 is 1.91 bits per heavy atom. The van der Waals surface area contributed by atoms with E-state index in [1.165, 1.54) is 18.2 Å². The van der Waals surface area contributed by atoms with Gasteiger partial charge in [-0.25, -0.2) is 13.8 Å². The number of para-hydroxylation sites is 1. The second-order valence-electron chi connectivity index (χ2n) is 4.90. The molecule has 2 nitrogen and oxygen atoms in total. The van der Waals surface area contributed by atoms with E-state index in [-0.39, 0.29) is 6.61 Å². The number of alkyl halides is 1. The van der Waals surface area contributed by atoms with Crippen LogP contribution < -0.4 is 0 Å². The van der Waals surface area contributed by atoms with Gasteiger partial charge in [0.05, 0.1) is 22.8 Å². The van der Waals surface area contributed by atoms with E-state index in [0.29, 0.717) is 32.9 Å². The standard InChI is InChI=1S/C17H12ClF2NO/c18-15-3-1-2-10-6-12(9-22)16(21-17(10)15)14-7-13(20)5-4-11(14)8-19/h1-7,22H,8-9H2. The Kier molecular flexibility index (Phi) is 4.05. The lowest BCUT2D eigenvalue weighted by Gasteiger charge is -2.12. The lowest BCUT2D eigenvalue weighted by atomic mass is 9.99. The third kappa shape index (κ3) is 2.56. The summed E-state index contributed by atoms with van der Waals surface area (Å²) in [5.41, 5.74) is 2.01. The van der Waals surface area contributed by atoms with Crippen LogP contribution in [0.4, 0.5) is 8.78 Å². The van der Waals surface area contributed by atoms with E-state index in [2.05, 4.69) is 4.98 Å². The van der Waals surface area contributed by atoms with Crippen molar-refractivity contribution in [1.82, 2.24) is 4.98 Å². The van der Waals surface area contributed by atoms with Gasteiger partial charge >= 0.3 is 0 Å². The summed E-state index contributed by atoms with van der Waals surface area (Å²) < 4.78 is 26.8. The fourth-order valence-corrected chi connectivity index (χ4v) is 2.67. The molecule has 0 unspecified atom stereocenters. The number of halogens is 3. The number of aliphatic hydroxyl groups excluding tert-OH is 1.